The maximum Gasteiger partial charge on any atom is 0.260 e. The molecule has 31 heavy (non-hydrogen) atoms. The predicted octanol–water partition coefficient (Wildman–Crippen LogP) is 4.90. The van der Waals surface area contributed by atoms with Crippen LogP contribution < -0.4 is 10.9 Å². The van der Waals surface area contributed by atoms with E-state index in [0.29, 0.717) is 23.5 Å². The van der Waals surface area contributed by atoms with E-state index in [-0.39, 0.29) is 16.7 Å². The zero-order chi connectivity index (χ0) is 21.8. The van der Waals surface area contributed by atoms with Crippen LogP contribution in [-0.4, -0.2) is 21.1 Å². The van der Waals surface area contributed by atoms with Gasteiger partial charge in [-0.3, -0.25) is 9.59 Å². The first-order valence-corrected chi connectivity index (χ1v) is 11.9. The lowest BCUT2D eigenvalue weighted by Gasteiger charge is -2.12. The monoisotopic (exact) mass is 449 g/mol. The first-order valence-electron chi connectivity index (χ1n) is 10.0. The van der Waals surface area contributed by atoms with Crippen LogP contribution in [0.1, 0.15) is 23.9 Å². The summed E-state index contributed by atoms with van der Waals surface area (Å²) in [6, 6.07) is 17.9. The van der Waals surface area contributed by atoms with Crippen molar-refractivity contribution < 1.29 is 4.79 Å². The lowest BCUT2D eigenvalue weighted by molar-refractivity contribution is -0.120. The molecule has 0 bridgehead atoms. The predicted molar refractivity (Wildman–Crippen MR) is 129 cm³/mol. The van der Waals surface area contributed by atoms with E-state index >= 15 is 0 Å². The molecule has 0 saturated heterocycles. The molecule has 2 aromatic carbocycles. The number of rotatable bonds is 7. The largest absolute Gasteiger partial charge is 0.351 e. The minimum atomic E-state index is -0.255. The molecule has 158 valence electrons. The van der Waals surface area contributed by atoms with Crippen LogP contribution in [0.5, 0.6) is 0 Å². The molecule has 0 spiro atoms. The Labute approximate surface area is 188 Å². The highest BCUT2D eigenvalue weighted by Crippen LogP contribution is 2.30. The van der Waals surface area contributed by atoms with Crippen molar-refractivity contribution in [2.75, 3.05) is 0 Å². The van der Waals surface area contributed by atoms with Gasteiger partial charge in [0.1, 0.15) is 10.7 Å². The fourth-order valence-electron chi connectivity index (χ4n) is 3.21. The third kappa shape index (κ3) is 5.06. The van der Waals surface area contributed by atoms with E-state index in [2.05, 4.69) is 15.3 Å². The summed E-state index contributed by atoms with van der Waals surface area (Å²) in [5.41, 5.74) is 4.02. The van der Waals surface area contributed by atoms with Crippen LogP contribution in [0.25, 0.3) is 21.3 Å². The number of nitrogens with zero attached hydrogens (tertiary/aromatic N) is 1. The molecule has 4 rings (SSSR count). The second-order valence-corrected chi connectivity index (χ2v) is 9.55. The number of hydrogen-bond donors (Lipinski definition) is 2. The van der Waals surface area contributed by atoms with E-state index in [4.69, 9.17) is 0 Å². The molecule has 5 nitrogen and oxygen atoms in total. The number of fused-ring (bicyclic) bond motifs is 1. The van der Waals surface area contributed by atoms with Crippen LogP contribution in [0.2, 0.25) is 0 Å². The molecule has 0 aliphatic carbocycles. The number of benzene rings is 2. The fourth-order valence-corrected chi connectivity index (χ4v) is 4.96. The molecule has 2 heterocycles. The molecule has 2 N–H and O–H groups in total. The van der Waals surface area contributed by atoms with Crippen molar-refractivity contribution in [3.8, 4) is 11.1 Å². The number of carbonyl (C=O) groups is 1. The second-order valence-electron chi connectivity index (χ2n) is 7.36. The topological polar surface area (TPSA) is 74.8 Å². The van der Waals surface area contributed by atoms with E-state index < -0.39 is 0 Å². The zero-order valence-electron chi connectivity index (χ0n) is 17.3. The van der Waals surface area contributed by atoms with Gasteiger partial charge in [0.15, 0.2) is 0 Å². The van der Waals surface area contributed by atoms with E-state index in [0.717, 1.165) is 21.5 Å². The van der Waals surface area contributed by atoms with Crippen LogP contribution in [-0.2, 0) is 17.1 Å². The lowest BCUT2D eigenvalue weighted by atomic mass is 10.1. The van der Waals surface area contributed by atoms with Gasteiger partial charge in [0.2, 0.25) is 5.91 Å². The Bertz CT molecular complexity index is 1250. The number of thiophene rings is 1. The van der Waals surface area contributed by atoms with Gasteiger partial charge in [0.05, 0.1) is 16.4 Å². The van der Waals surface area contributed by atoms with Gasteiger partial charge in [-0.25, -0.2) is 4.98 Å². The Morgan fingerprint density at radius 1 is 1.16 bits per heavy atom. The zero-order valence-corrected chi connectivity index (χ0v) is 19.0. The fraction of sp³-hybridized carbons (Fsp3) is 0.208. The van der Waals surface area contributed by atoms with Crippen molar-refractivity contribution in [3.63, 3.8) is 0 Å². The SMILES string of the molecule is Cc1ccc(CNC(=O)[C@@H](C)SCc2nc3scc(-c4ccccc4)c3c(=O)[nH]2)cc1. The van der Waals surface area contributed by atoms with Crippen molar-refractivity contribution >= 4 is 39.2 Å². The van der Waals surface area contributed by atoms with E-state index in [1.807, 2.05) is 73.8 Å². The van der Waals surface area contributed by atoms with E-state index in [9.17, 15) is 9.59 Å². The minimum Gasteiger partial charge on any atom is -0.351 e. The molecule has 0 radical (unpaired) electrons. The van der Waals surface area contributed by atoms with Crippen molar-refractivity contribution in [3.05, 3.63) is 87.3 Å². The number of aromatic nitrogens is 2. The number of carbonyl (C=O) groups excluding carboxylic acids is 1. The normalized spacial score (nSPS) is 12.1. The smallest absolute Gasteiger partial charge is 0.260 e. The summed E-state index contributed by atoms with van der Waals surface area (Å²) < 4.78 is 0. The van der Waals surface area contributed by atoms with Crippen LogP contribution in [0.3, 0.4) is 0 Å². The van der Waals surface area contributed by atoms with Crippen LogP contribution in [0, 0.1) is 6.92 Å². The van der Waals surface area contributed by atoms with Crippen LogP contribution >= 0.6 is 23.1 Å². The first kappa shape index (κ1) is 21.3. The summed E-state index contributed by atoms with van der Waals surface area (Å²) in [6.07, 6.45) is 0. The number of thioether (sulfide) groups is 1. The van der Waals surface area contributed by atoms with Crippen molar-refractivity contribution in [1.29, 1.82) is 0 Å². The molecular formula is C24H23N3O2S2. The molecule has 4 aromatic rings. The van der Waals surface area contributed by atoms with Gasteiger partial charge in [0, 0.05) is 17.5 Å². The molecule has 7 heteroatoms. The van der Waals surface area contributed by atoms with Gasteiger partial charge in [-0.15, -0.1) is 23.1 Å². The third-order valence-electron chi connectivity index (χ3n) is 5.00. The van der Waals surface area contributed by atoms with Crippen LogP contribution in [0.15, 0.2) is 64.8 Å². The van der Waals surface area contributed by atoms with Crippen molar-refractivity contribution in [1.82, 2.24) is 15.3 Å². The molecule has 0 saturated carbocycles. The Morgan fingerprint density at radius 3 is 2.65 bits per heavy atom. The van der Waals surface area contributed by atoms with E-state index in [1.165, 1.54) is 28.7 Å². The van der Waals surface area contributed by atoms with Crippen LogP contribution in [0.4, 0.5) is 0 Å². The standard InChI is InChI=1S/C24H23N3O2S2/c1-15-8-10-17(11-9-15)12-25-22(28)16(2)30-14-20-26-23(29)21-19(13-31-24(21)27-20)18-6-4-3-5-7-18/h3-11,13,16H,12,14H2,1-2H3,(H,25,28)(H,26,27,29)/t16-/m1/s1. The van der Waals surface area contributed by atoms with Gasteiger partial charge in [0.25, 0.3) is 5.56 Å². The number of H-pyrrole nitrogens is 1. The highest BCUT2D eigenvalue weighted by Gasteiger charge is 2.16. The summed E-state index contributed by atoms with van der Waals surface area (Å²) in [6.45, 7) is 4.41. The Morgan fingerprint density at radius 2 is 1.90 bits per heavy atom. The molecule has 1 atom stereocenters. The maximum absolute atomic E-state index is 12.7. The maximum atomic E-state index is 12.7. The summed E-state index contributed by atoms with van der Waals surface area (Å²) in [7, 11) is 0. The number of hydrogen-bond acceptors (Lipinski definition) is 5. The van der Waals surface area contributed by atoms with Gasteiger partial charge < -0.3 is 10.3 Å². The average molecular weight is 450 g/mol. The van der Waals surface area contributed by atoms with E-state index in [1.54, 1.807) is 0 Å². The van der Waals surface area contributed by atoms with Gasteiger partial charge in [-0.05, 0) is 25.0 Å². The number of aryl methyl sites for hydroxylation is 1. The molecule has 0 aliphatic heterocycles. The molecule has 1 amide bonds. The van der Waals surface area contributed by atoms with Crippen molar-refractivity contribution in [2.45, 2.75) is 31.4 Å². The highest BCUT2D eigenvalue weighted by molar-refractivity contribution is 7.99. The molecule has 0 aliphatic rings. The quantitative estimate of drug-likeness (QED) is 0.421. The number of amides is 1. The Kier molecular flexibility index (Phi) is 6.53. The summed E-state index contributed by atoms with van der Waals surface area (Å²) >= 11 is 2.92. The average Bonchev–Trinajstić information content (AvgIpc) is 3.22. The molecule has 0 unspecified atom stereocenters. The number of nitrogens with one attached hydrogen (secondary N) is 2. The Hall–Kier alpha value is -2.90. The minimum absolute atomic E-state index is 0.0310. The summed E-state index contributed by atoms with van der Waals surface area (Å²) in [4.78, 5) is 33.4. The lowest BCUT2D eigenvalue weighted by Crippen LogP contribution is -2.30. The third-order valence-corrected chi connectivity index (χ3v) is 7.03. The highest BCUT2D eigenvalue weighted by atomic mass is 32.2. The van der Waals surface area contributed by atoms with Gasteiger partial charge in [-0.2, -0.15) is 0 Å². The summed E-state index contributed by atoms with van der Waals surface area (Å²) in [5, 5.41) is 5.30. The molecular weight excluding hydrogens is 426 g/mol. The molecule has 0 fully saturated rings. The molecule has 2 aromatic heterocycles. The van der Waals surface area contributed by atoms with Crippen molar-refractivity contribution in [2.24, 2.45) is 0 Å². The van der Waals surface area contributed by atoms with Gasteiger partial charge >= 0.3 is 0 Å². The van der Waals surface area contributed by atoms with Gasteiger partial charge in [-0.1, -0.05) is 60.2 Å². The first-order chi connectivity index (χ1) is 15.0. The second kappa shape index (κ2) is 9.49. The number of aromatic amines is 1. The Balaban J connectivity index is 1.40. The summed E-state index contributed by atoms with van der Waals surface area (Å²) in [5.74, 6) is 1.02.